The van der Waals surface area contributed by atoms with Crippen LogP contribution in [0.15, 0.2) is 36.4 Å². The second-order valence-electron chi connectivity index (χ2n) is 4.15. The summed E-state index contributed by atoms with van der Waals surface area (Å²) in [5.41, 5.74) is 1.06. The standard InChI is InChI=1S/C14H16O4/c15-13(16)10-12-8-9-17-14(18-12)7-6-11-4-2-1-3-5-11/h1-7,12,14H,8-10H2,(H,15,16). The lowest BCUT2D eigenvalue weighted by Crippen LogP contribution is -2.32. The summed E-state index contributed by atoms with van der Waals surface area (Å²) in [6.45, 7) is 0.530. The van der Waals surface area contributed by atoms with Gasteiger partial charge in [-0.05, 0) is 18.1 Å². The van der Waals surface area contributed by atoms with E-state index in [1.807, 2.05) is 42.5 Å². The fraction of sp³-hybridized carbons (Fsp3) is 0.357. The number of carbonyl (C=O) groups is 1. The van der Waals surface area contributed by atoms with Gasteiger partial charge in [-0.15, -0.1) is 0 Å². The first kappa shape index (κ1) is 12.8. The van der Waals surface area contributed by atoms with Crippen molar-refractivity contribution in [1.82, 2.24) is 0 Å². The van der Waals surface area contributed by atoms with Crippen molar-refractivity contribution in [3.05, 3.63) is 42.0 Å². The Hall–Kier alpha value is -1.65. The van der Waals surface area contributed by atoms with Crippen LogP contribution in [0.5, 0.6) is 0 Å². The molecular weight excluding hydrogens is 232 g/mol. The van der Waals surface area contributed by atoms with Gasteiger partial charge in [0.05, 0.1) is 19.1 Å². The molecule has 1 aliphatic rings. The van der Waals surface area contributed by atoms with E-state index < -0.39 is 12.3 Å². The Morgan fingerprint density at radius 2 is 2.17 bits per heavy atom. The van der Waals surface area contributed by atoms with Crippen molar-refractivity contribution in [2.45, 2.75) is 25.2 Å². The van der Waals surface area contributed by atoms with Crippen molar-refractivity contribution in [3.8, 4) is 0 Å². The van der Waals surface area contributed by atoms with Crippen molar-refractivity contribution < 1.29 is 19.4 Å². The largest absolute Gasteiger partial charge is 0.481 e. The fourth-order valence-electron chi connectivity index (χ4n) is 1.81. The zero-order valence-electron chi connectivity index (χ0n) is 9.99. The van der Waals surface area contributed by atoms with E-state index in [2.05, 4.69) is 0 Å². The zero-order chi connectivity index (χ0) is 12.8. The smallest absolute Gasteiger partial charge is 0.305 e. The molecule has 2 unspecified atom stereocenters. The molecule has 1 aromatic carbocycles. The van der Waals surface area contributed by atoms with Crippen LogP contribution in [-0.2, 0) is 14.3 Å². The molecule has 4 heteroatoms. The van der Waals surface area contributed by atoms with E-state index in [1.54, 1.807) is 0 Å². The highest BCUT2D eigenvalue weighted by atomic mass is 16.7. The van der Waals surface area contributed by atoms with Crippen LogP contribution in [0.2, 0.25) is 0 Å². The molecule has 1 saturated heterocycles. The number of hydrogen-bond acceptors (Lipinski definition) is 3. The maximum absolute atomic E-state index is 10.6. The van der Waals surface area contributed by atoms with Crippen LogP contribution >= 0.6 is 0 Å². The van der Waals surface area contributed by atoms with E-state index in [1.165, 1.54) is 0 Å². The Labute approximate surface area is 106 Å². The van der Waals surface area contributed by atoms with Crippen LogP contribution < -0.4 is 0 Å². The van der Waals surface area contributed by atoms with Crippen LogP contribution in [0.3, 0.4) is 0 Å². The lowest BCUT2D eigenvalue weighted by Gasteiger charge is -2.27. The number of carboxylic acids is 1. The molecular formula is C14H16O4. The molecule has 1 aromatic rings. The molecule has 96 valence electrons. The summed E-state index contributed by atoms with van der Waals surface area (Å²) >= 11 is 0. The highest BCUT2D eigenvalue weighted by Gasteiger charge is 2.22. The predicted molar refractivity (Wildman–Crippen MR) is 67.0 cm³/mol. The average molecular weight is 248 g/mol. The second kappa shape index (κ2) is 6.33. The molecule has 18 heavy (non-hydrogen) atoms. The van der Waals surface area contributed by atoms with E-state index in [0.717, 1.165) is 5.56 Å². The van der Waals surface area contributed by atoms with Gasteiger partial charge >= 0.3 is 5.97 Å². The fourth-order valence-corrected chi connectivity index (χ4v) is 1.81. The maximum atomic E-state index is 10.6. The first-order valence-electron chi connectivity index (χ1n) is 5.96. The van der Waals surface area contributed by atoms with E-state index in [-0.39, 0.29) is 12.5 Å². The predicted octanol–water partition coefficient (Wildman–Crippen LogP) is 2.31. The van der Waals surface area contributed by atoms with Crippen molar-refractivity contribution in [3.63, 3.8) is 0 Å². The molecule has 0 radical (unpaired) electrons. The Balaban J connectivity index is 1.89. The van der Waals surface area contributed by atoms with Crippen LogP contribution in [0.1, 0.15) is 18.4 Å². The third kappa shape index (κ3) is 3.98. The molecule has 1 N–H and O–H groups in total. The first-order valence-corrected chi connectivity index (χ1v) is 5.96. The minimum absolute atomic E-state index is 0.0268. The van der Waals surface area contributed by atoms with Gasteiger partial charge in [-0.1, -0.05) is 36.4 Å². The van der Waals surface area contributed by atoms with Crippen molar-refractivity contribution in [2.75, 3.05) is 6.61 Å². The monoisotopic (exact) mass is 248 g/mol. The molecule has 1 heterocycles. The topological polar surface area (TPSA) is 55.8 Å². The number of ether oxygens (including phenoxy) is 2. The molecule has 0 aromatic heterocycles. The lowest BCUT2D eigenvalue weighted by molar-refractivity contribution is -0.191. The summed E-state index contributed by atoms with van der Waals surface area (Å²) in [4.78, 5) is 10.6. The first-order chi connectivity index (χ1) is 8.74. The Morgan fingerprint density at radius 1 is 1.39 bits per heavy atom. The van der Waals surface area contributed by atoms with E-state index in [4.69, 9.17) is 14.6 Å². The molecule has 2 atom stereocenters. The van der Waals surface area contributed by atoms with Gasteiger partial charge in [-0.2, -0.15) is 0 Å². The quantitative estimate of drug-likeness (QED) is 0.888. The van der Waals surface area contributed by atoms with Crippen LogP contribution in [-0.4, -0.2) is 30.1 Å². The van der Waals surface area contributed by atoms with Gasteiger partial charge < -0.3 is 14.6 Å². The zero-order valence-corrected chi connectivity index (χ0v) is 9.99. The normalized spacial score (nSPS) is 24.2. The van der Waals surface area contributed by atoms with E-state index >= 15 is 0 Å². The molecule has 0 aliphatic carbocycles. The van der Waals surface area contributed by atoms with Gasteiger partial charge in [-0.3, -0.25) is 4.79 Å². The summed E-state index contributed by atoms with van der Waals surface area (Å²) < 4.78 is 10.9. The van der Waals surface area contributed by atoms with E-state index in [9.17, 15) is 4.79 Å². The molecule has 0 bridgehead atoms. The molecule has 0 spiro atoms. The Bertz CT molecular complexity index is 413. The van der Waals surface area contributed by atoms with Gasteiger partial charge in [0.1, 0.15) is 0 Å². The van der Waals surface area contributed by atoms with Crippen molar-refractivity contribution >= 4 is 12.0 Å². The third-order valence-corrected chi connectivity index (χ3v) is 2.70. The van der Waals surface area contributed by atoms with Crippen molar-refractivity contribution in [1.29, 1.82) is 0 Å². The summed E-state index contributed by atoms with van der Waals surface area (Å²) in [6, 6.07) is 9.82. The van der Waals surface area contributed by atoms with Gasteiger partial charge in [-0.25, -0.2) is 0 Å². The highest BCUT2D eigenvalue weighted by molar-refractivity contribution is 5.67. The summed E-state index contributed by atoms with van der Waals surface area (Å²) in [7, 11) is 0. The molecule has 2 rings (SSSR count). The Kier molecular flexibility index (Phi) is 4.50. The average Bonchev–Trinajstić information content (AvgIpc) is 2.37. The summed E-state index contributed by atoms with van der Waals surface area (Å²) in [5.74, 6) is -0.840. The number of hydrogen-bond donors (Lipinski definition) is 1. The highest BCUT2D eigenvalue weighted by Crippen LogP contribution is 2.17. The second-order valence-corrected chi connectivity index (χ2v) is 4.15. The summed E-state index contributed by atoms with van der Waals surface area (Å²) in [6.07, 6.45) is 3.66. The number of carboxylic acid groups (broad SMARTS) is 1. The number of benzene rings is 1. The maximum Gasteiger partial charge on any atom is 0.305 e. The Morgan fingerprint density at radius 3 is 2.89 bits per heavy atom. The third-order valence-electron chi connectivity index (χ3n) is 2.70. The van der Waals surface area contributed by atoms with Crippen molar-refractivity contribution in [2.24, 2.45) is 0 Å². The van der Waals surface area contributed by atoms with Crippen LogP contribution in [0.4, 0.5) is 0 Å². The molecule has 1 aliphatic heterocycles. The minimum atomic E-state index is -0.840. The molecule has 4 nitrogen and oxygen atoms in total. The number of rotatable bonds is 4. The molecule has 1 fully saturated rings. The minimum Gasteiger partial charge on any atom is -0.481 e. The van der Waals surface area contributed by atoms with Gasteiger partial charge in [0.2, 0.25) is 0 Å². The summed E-state index contributed by atoms with van der Waals surface area (Å²) in [5, 5.41) is 8.72. The molecule has 0 amide bonds. The van der Waals surface area contributed by atoms with Gasteiger partial charge in [0, 0.05) is 0 Å². The SMILES string of the molecule is O=C(O)CC1CCOC(C=Cc2ccccc2)O1. The van der Waals surface area contributed by atoms with Crippen LogP contribution in [0.25, 0.3) is 6.08 Å². The number of aliphatic carboxylic acids is 1. The van der Waals surface area contributed by atoms with Gasteiger partial charge in [0.25, 0.3) is 0 Å². The van der Waals surface area contributed by atoms with Crippen LogP contribution in [0, 0.1) is 0 Å². The lowest BCUT2D eigenvalue weighted by atomic mass is 10.1. The van der Waals surface area contributed by atoms with E-state index in [0.29, 0.717) is 13.0 Å². The van der Waals surface area contributed by atoms with Gasteiger partial charge in [0.15, 0.2) is 6.29 Å². The molecule has 0 saturated carbocycles.